The summed E-state index contributed by atoms with van der Waals surface area (Å²) in [5.41, 5.74) is 10.2. The average molecular weight is 183 g/mol. The third-order valence-corrected chi connectivity index (χ3v) is 1.61. The maximum atomic E-state index is 12.3. The van der Waals surface area contributed by atoms with E-state index in [1.165, 1.54) is 6.07 Å². The molecule has 68 valence electrons. The van der Waals surface area contributed by atoms with E-state index < -0.39 is 12.0 Å². The minimum atomic E-state index is -2.71. The third kappa shape index (κ3) is 1.67. The van der Waals surface area contributed by atoms with Crippen LogP contribution >= 0.6 is 0 Å². The van der Waals surface area contributed by atoms with Crippen LogP contribution in [0.3, 0.4) is 0 Å². The fourth-order valence-electron chi connectivity index (χ4n) is 0.944. The minimum absolute atomic E-state index is 0.00866. The Kier molecular flexibility index (Phi) is 2.33. The Labute approximate surface area is 73.6 Å². The second kappa shape index (κ2) is 3.27. The van der Waals surface area contributed by atoms with Gasteiger partial charge < -0.3 is 11.5 Å². The highest BCUT2D eigenvalue weighted by atomic mass is 19.3. The first-order chi connectivity index (χ1) is 6.06. The summed E-state index contributed by atoms with van der Waals surface area (Å²) in [6.45, 7) is 0. The van der Waals surface area contributed by atoms with Crippen LogP contribution in [0.4, 0.5) is 20.2 Å². The van der Waals surface area contributed by atoms with E-state index in [2.05, 4.69) is 0 Å². The largest absolute Gasteiger partial charge is 0.397 e. The molecule has 0 spiro atoms. The first-order valence-electron chi connectivity index (χ1n) is 3.43. The van der Waals surface area contributed by atoms with Gasteiger partial charge in [-0.2, -0.15) is 5.26 Å². The quantitative estimate of drug-likeness (QED) is 0.650. The fraction of sp³-hybridized carbons (Fsp3) is 0.125. The molecule has 1 aromatic rings. The van der Waals surface area contributed by atoms with Crippen molar-refractivity contribution in [2.75, 3.05) is 11.5 Å². The Bertz CT molecular complexity index is 368. The fourth-order valence-corrected chi connectivity index (χ4v) is 0.944. The Morgan fingerprint density at radius 1 is 1.31 bits per heavy atom. The molecule has 0 saturated heterocycles. The maximum absolute atomic E-state index is 12.3. The number of hydrogen-bond donors (Lipinski definition) is 2. The van der Waals surface area contributed by atoms with Gasteiger partial charge in [-0.25, -0.2) is 8.78 Å². The van der Waals surface area contributed by atoms with Gasteiger partial charge in [0.05, 0.1) is 23.0 Å². The van der Waals surface area contributed by atoms with Crippen LogP contribution in [0.25, 0.3) is 0 Å². The van der Waals surface area contributed by atoms with Crippen LogP contribution < -0.4 is 11.5 Å². The number of nitrogen functional groups attached to an aromatic ring is 2. The zero-order chi connectivity index (χ0) is 10.0. The van der Waals surface area contributed by atoms with Gasteiger partial charge >= 0.3 is 0 Å². The summed E-state index contributed by atoms with van der Waals surface area (Å²) in [7, 11) is 0. The molecule has 1 rings (SSSR count). The van der Waals surface area contributed by atoms with E-state index in [1.807, 2.05) is 0 Å². The molecule has 1 aromatic carbocycles. The first kappa shape index (κ1) is 9.26. The lowest BCUT2D eigenvalue weighted by Crippen LogP contribution is -2.01. The summed E-state index contributed by atoms with van der Waals surface area (Å²) < 4.78 is 24.6. The zero-order valence-corrected chi connectivity index (χ0v) is 6.59. The lowest BCUT2D eigenvalue weighted by molar-refractivity contribution is 0.152. The van der Waals surface area contributed by atoms with Crippen molar-refractivity contribution in [1.82, 2.24) is 0 Å². The molecule has 0 aromatic heterocycles. The molecule has 5 heteroatoms. The Morgan fingerprint density at radius 3 is 2.38 bits per heavy atom. The smallest absolute Gasteiger partial charge is 0.265 e. The third-order valence-electron chi connectivity index (χ3n) is 1.61. The van der Waals surface area contributed by atoms with Crippen molar-refractivity contribution in [3.8, 4) is 6.07 Å². The SMILES string of the molecule is N#Cc1cc(N)c(N)c(C(F)F)c1. The summed E-state index contributed by atoms with van der Waals surface area (Å²) in [6, 6.07) is 4.02. The van der Waals surface area contributed by atoms with Crippen molar-refractivity contribution < 1.29 is 8.78 Å². The van der Waals surface area contributed by atoms with Crippen LogP contribution in [0.1, 0.15) is 17.6 Å². The van der Waals surface area contributed by atoms with Gasteiger partial charge in [0, 0.05) is 5.56 Å². The highest BCUT2D eigenvalue weighted by Crippen LogP contribution is 2.30. The summed E-state index contributed by atoms with van der Waals surface area (Å²) in [5.74, 6) is 0. The summed E-state index contributed by atoms with van der Waals surface area (Å²) >= 11 is 0. The molecule has 3 nitrogen and oxygen atoms in total. The number of benzene rings is 1. The topological polar surface area (TPSA) is 75.8 Å². The maximum Gasteiger partial charge on any atom is 0.265 e. The molecule has 0 aliphatic heterocycles. The summed E-state index contributed by atoms with van der Waals surface area (Å²) in [6.07, 6.45) is -2.71. The van der Waals surface area contributed by atoms with E-state index in [1.54, 1.807) is 6.07 Å². The van der Waals surface area contributed by atoms with Crippen molar-refractivity contribution in [1.29, 1.82) is 5.26 Å². The molecule has 0 atom stereocenters. The number of halogens is 2. The molecule has 0 saturated carbocycles. The zero-order valence-electron chi connectivity index (χ0n) is 6.59. The monoisotopic (exact) mass is 183 g/mol. The summed E-state index contributed by atoms with van der Waals surface area (Å²) in [5, 5.41) is 8.47. The number of nitrogens with two attached hydrogens (primary N) is 2. The van der Waals surface area contributed by atoms with E-state index in [9.17, 15) is 8.78 Å². The molecule has 4 N–H and O–H groups in total. The van der Waals surface area contributed by atoms with Crippen molar-refractivity contribution in [2.24, 2.45) is 0 Å². The van der Waals surface area contributed by atoms with Crippen molar-refractivity contribution in [2.45, 2.75) is 6.43 Å². The molecule has 0 aliphatic carbocycles. The molecule has 0 bridgehead atoms. The van der Waals surface area contributed by atoms with Crippen molar-refractivity contribution >= 4 is 11.4 Å². The lowest BCUT2D eigenvalue weighted by atomic mass is 10.1. The van der Waals surface area contributed by atoms with Crippen molar-refractivity contribution in [3.63, 3.8) is 0 Å². The molecule has 0 fully saturated rings. The number of rotatable bonds is 1. The first-order valence-corrected chi connectivity index (χ1v) is 3.43. The van der Waals surface area contributed by atoms with Gasteiger partial charge in [-0.3, -0.25) is 0 Å². The average Bonchev–Trinajstić information content (AvgIpc) is 2.09. The van der Waals surface area contributed by atoms with Gasteiger partial charge in [-0.05, 0) is 12.1 Å². The molecular formula is C8H7F2N3. The van der Waals surface area contributed by atoms with Crippen LogP contribution in [0.5, 0.6) is 0 Å². The Balaban J connectivity index is 3.35. The van der Waals surface area contributed by atoms with Gasteiger partial charge in [0.2, 0.25) is 0 Å². The molecule has 0 radical (unpaired) electrons. The van der Waals surface area contributed by atoms with Gasteiger partial charge in [-0.15, -0.1) is 0 Å². The minimum Gasteiger partial charge on any atom is -0.397 e. The normalized spacial score (nSPS) is 10.0. The number of nitrogens with zero attached hydrogens (tertiary/aromatic N) is 1. The second-order valence-corrected chi connectivity index (χ2v) is 2.48. The van der Waals surface area contributed by atoms with E-state index in [4.69, 9.17) is 16.7 Å². The summed E-state index contributed by atoms with van der Waals surface area (Å²) in [4.78, 5) is 0. The standard InChI is InChI=1S/C8H7F2N3/c9-8(10)5-1-4(3-11)2-6(12)7(5)13/h1-2,8H,12-13H2. The Morgan fingerprint density at radius 2 is 1.92 bits per heavy atom. The number of alkyl halides is 2. The van der Waals surface area contributed by atoms with Gasteiger partial charge in [0.15, 0.2) is 0 Å². The molecule has 0 heterocycles. The van der Waals surface area contributed by atoms with Gasteiger partial charge in [0.1, 0.15) is 0 Å². The Hall–Kier alpha value is -1.83. The highest BCUT2D eigenvalue weighted by Gasteiger charge is 2.14. The highest BCUT2D eigenvalue weighted by molar-refractivity contribution is 5.70. The lowest BCUT2D eigenvalue weighted by Gasteiger charge is -2.07. The van der Waals surface area contributed by atoms with Crippen LogP contribution in [0, 0.1) is 11.3 Å². The predicted molar refractivity (Wildman–Crippen MR) is 44.9 cm³/mol. The molecule has 0 amide bonds. The van der Waals surface area contributed by atoms with Crippen LogP contribution in [0.15, 0.2) is 12.1 Å². The number of anilines is 2. The van der Waals surface area contributed by atoms with E-state index >= 15 is 0 Å². The number of hydrogen-bond acceptors (Lipinski definition) is 3. The van der Waals surface area contributed by atoms with E-state index in [0.717, 1.165) is 6.07 Å². The number of nitriles is 1. The molecular weight excluding hydrogens is 176 g/mol. The second-order valence-electron chi connectivity index (χ2n) is 2.48. The van der Waals surface area contributed by atoms with Crippen LogP contribution in [-0.4, -0.2) is 0 Å². The molecule has 13 heavy (non-hydrogen) atoms. The molecule has 0 unspecified atom stereocenters. The van der Waals surface area contributed by atoms with Gasteiger partial charge in [-0.1, -0.05) is 0 Å². The predicted octanol–water partition coefficient (Wildman–Crippen LogP) is 1.66. The molecule has 0 aliphatic rings. The van der Waals surface area contributed by atoms with Crippen LogP contribution in [0.2, 0.25) is 0 Å². The van der Waals surface area contributed by atoms with Crippen LogP contribution in [-0.2, 0) is 0 Å². The van der Waals surface area contributed by atoms with Gasteiger partial charge in [0.25, 0.3) is 6.43 Å². The van der Waals surface area contributed by atoms with E-state index in [0.29, 0.717) is 0 Å². The van der Waals surface area contributed by atoms with Crippen molar-refractivity contribution in [3.05, 3.63) is 23.3 Å². The van der Waals surface area contributed by atoms with E-state index in [-0.39, 0.29) is 16.9 Å².